The standard InChI is InChI=1S/C17H27N3O/c1-4-13(2)17(20-11-9-18-10-12-20)15-5-7-16(8-6-15)19-14(3)21/h5-8,13,17-18H,4,9-12H2,1-3H3,(H,19,21)/t13?,17-/m0/s1. The summed E-state index contributed by atoms with van der Waals surface area (Å²) >= 11 is 0. The quantitative estimate of drug-likeness (QED) is 0.876. The van der Waals surface area contributed by atoms with E-state index in [0.29, 0.717) is 12.0 Å². The molecular formula is C17H27N3O. The summed E-state index contributed by atoms with van der Waals surface area (Å²) in [7, 11) is 0. The van der Waals surface area contributed by atoms with Crippen LogP contribution in [0, 0.1) is 5.92 Å². The Bertz CT molecular complexity index is 452. The predicted molar refractivity (Wildman–Crippen MR) is 87.4 cm³/mol. The third-order valence-electron chi connectivity index (χ3n) is 4.30. The fraction of sp³-hybridized carbons (Fsp3) is 0.588. The van der Waals surface area contributed by atoms with Crippen LogP contribution in [-0.4, -0.2) is 37.0 Å². The molecule has 0 saturated carbocycles. The summed E-state index contributed by atoms with van der Waals surface area (Å²) in [5, 5.41) is 6.25. The molecule has 0 bridgehead atoms. The van der Waals surface area contributed by atoms with Gasteiger partial charge in [-0.25, -0.2) is 0 Å². The van der Waals surface area contributed by atoms with E-state index in [-0.39, 0.29) is 5.91 Å². The average Bonchev–Trinajstić information content (AvgIpc) is 2.49. The van der Waals surface area contributed by atoms with Crippen LogP contribution in [0.4, 0.5) is 5.69 Å². The molecule has 1 saturated heterocycles. The van der Waals surface area contributed by atoms with E-state index in [9.17, 15) is 4.79 Å². The molecule has 1 amide bonds. The molecule has 1 heterocycles. The third kappa shape index (κ3) is 4.29. The van der Waals surface area contributed by atoms with Gasteiger partial charge in [-0.2, -0.15) is 0 Å². The van der Waals surface area contributed by atoms with Crippen LogP contribution in [0.2, 0.25) is 0 Å². The molecule has 1 aromatic carbocycles. The zero-order chi connectivity index (χ0) is 15.2. The molecule has 4 heteroatoms. The van der Waals surface area contributed by atoms with Crippen molar-refractivity contribution >= 4 is 11.6 Å². The Balaban J connectivity index is 2.17. The van der Waals surface area contributed by atoms with E-state index in [0.717, 1.165) is 31.9 Å². The maximum absolute atomic E-state index is 11.1. The monoisotopic (exact) mass is 289 g/mol. The maximum atomic E-state index is 11.1. The van der Waals surface area contributed by atoms with Crippen LogP contribution in [-0.2, 0) is 4.79 Å². The minimum absolute atomic E-state index is 0.0247. The molecule has 2 N–H and O–H groups in total. The molecule has 1 aliphatic heterocycles. The van der Waals surface area contributed by atoms with Gasteiger partial charge in [0.05, 0.1) is 0 Å². The number of piperazine rings is 1. The van der Waals surface area contributed by atoms with Crippen molar-refractivity contribution in [3.63, 3.8) is 0 Å². The molecule has 0 aliphatic carbocycles. The molecule has 0 radical (unpaired) electrons. The van der Waals surface area contributed by atoms with Crippen LogP contribution < -0.4 is 10.6 Å². The molecular weight excluding hydrogens is 262 g/mol. The van der Waals surface area contributed by atoms with Crippen LogP contribution >= 0.6 is 0 Å². The molecule has 1 aromatic rings. The topological polar surface area (TPSA) is 44.4 Å². The van der Waals surface area contributed by atoms with E-state index in [1.54, 1.807) is 0 Å². The molecule has 21 heavy (non-hydrogen) atoms. The number of hydrogen-bond donors (Lipinski definition) is 2. The second-order valence-corrected chi connectivity index (χ2v) is 5.92. The van der Waals surface area contributed by atoms with Gasteiger partial charge in [0.1, 0.15) is 0 Å². The Morgan fingerprint density at radius 1 is 1.29 bits per heavy atom. The van der Waals surface area contributed by atoms with Crippen molar-refractivity contribution in [1.29, 1.82) is 0 Å². The first kappa shape index (κ1) is 16.0. The van der Waals surface area contributed by atoms with Crippen LogP contribution in [0.1, 0.15) is 38.8 Å². The van der Waals surface area contributed by atoms with Crippen molar-refractivity contribution in [2.75, 3.05) is 31.5 Å². The SMILES string of the molecule is CCC(C)[C@@H](c1ccc(NC(C)=O)cc1)N1CCNCC1. The summed E-state index contributed by atoms with van der Waals surface area (Å²) in [6.07, 6.45) is 1.17. The van der Waals surface area contributed by atoms with Crippen molar-refractivity contribution in [1.82, 2.24) is 10.2 Å². The van der Waals surface area contributed by atoms with E-state index in [4.69, 9.17) is 0 Å². The van der Waals surface area contributed by atoms with Crippen LogP contribution in [0.5, 0.6) is 0 Å². The predicted octanol–water partition coefficient (Wildman–Crippen LogP) is 2.64. The van der Waals surface area contributed by atoms with Gasteiger partial charge in [-0.15, -0.1) is 0 Å². The van der Waals surface area contributed by atoms with Crippen molar-refractivity contribution in [2.24, 2.45) is 5.92 Å². The lowest BCUT2D eigenvalue weighted by molar-refractivity contribution is -0.114. The Kier molecular flexibility index (Phi) is 5.76. The Morgan fingerprint density at radius 2 is 1.90 bits per heavy atom. The number of rotatable bonds is 5. The van der Waals surface area contributed by atoms with Gasteiger partial charge in [-0.1, -0.05) is 32.4 Å². The molecule has 116 valence electrons. The average molecular weight is 289 g/mol. The van der Waals surface area contributed by atoms with Crippen molar-refractivity contribution in [3.8, 4) is 0 Å². The smallest absolute Gasteiger partial charge is 0.221 e. The van der Waals surface area contributed by atoms with Gasteiger partial charge < -0.3 is 10.6 Å². The number of amides is 1. The van der Waals surface area contributed by atoms with Gasteiger partial charge >= 0.3 is 0 Å². The van der Waals surface area contributed by atoms with E-state index >= 15 is 0 Å². The van der Waals surface area contributed by atoms with E-state index in [2.05, 4.69) is 41.5 Å². The minimum Gasteiger partial charge on any atom is -0.326 e. The second-order valence-electron chi connectivity index (χ2n) is 5.92. The number of benzene rings is 1. The molecule has 4 nitrogen and oxygen atoms in total. The van der Waals surface area contributed by atoms with Gasteiger partial charge in [0, 0.05) is 44.8 Å². The number of anilines is 1. The van der Waals surface area contributed by atoms with Gasteiger partial charge in [0.2, 0.25) is 5.91 Å². The summed E-state index contributed by atoms with van der Waals surface area (Å²) < 4.78 is 0. The number of nitrogens with one attached hydrogen (secondary N) is 2. The number of nitrogens with zero attached hydrogens (tertiary/aromatic N) is 1. The zero-order valence-corrected chi connectivity index (χ0v) is 13.4. The van der Waals surface area contributed by atoms with Gasteiger partial charge in [-0.3, -0.25) is 9.69 Å². The highest BCUT2D eigenvalue weighted by Crippen LogP contribution is 2.31. The lowest BCUT2D eigenvalue weighted by Gasteiger charge is -2.38. The fourth-order valence-corrected chi connectivity index (χ4v) is 3.05. The largest absolute Gasteiger partial charge is 0.326 e. The number of carbonyl (C=O) groups excluding carboxylic acids is 1. The molecule has 2 rings (SSSR count). The van der Waals surface area contributed by atoms with Gasteiger partial charge in [0.15, 0.2) is 0 Å². The first-order chi connectivity index (χ1) is 10.1. The Labute approximate surface area is 127 Å². The highest BCUT2D eigenvalue weighted by molar-refractivity contribution is 5.88. The lowest BCUT2D eigenvalue weighted by atomic mass is 9.90. The summed E-state index contributed by atoms with van der Waals surface area (Å²) in [5.74, 6) is 0.595. The lowest BCUT2D eigenvalue weighted by Crippen LogP contribution is -2.46. The van der Waals surface area contributed by atoms with E-state index < -0.39 is 0 Å². The minimum atomic E-state index is -0.0247. The molecule has 2 atom stereocenters. The van der Waals surface area contributed by atoms with Crippen LogP contribution in [0.15, 0.2) is 24.3 Å². The Hall–Kier alpha value is -1.39. The Morgan fingerprint density at radius 3 is 2.43 bits per heavy atom. The normalized spacial score (nSPS) is 19.0. The van der Waals surface area contributed by atoms with Gasteiger partial charge in [-0.05, 0) is 23.6 Å². The van der Waals surface area contributed by atoms with Crippen LogP contribution in [0.25, 0.3) is 0 Å². The maximum Gasteiger partial charge on any atom is 0.221 e. The summed E-state index contributed by atoms with van der Waals surface area (Å²) in [6.45, 7) is 10.5. The molecule has 1 aliphatic rings. The van der Waals surface area contributed by atoms with Crippen molar-refractivity contribution < 1.29 is 4.79 Å². The highest BCUT2D eigenvalue weighted by atomic mass is 16.1. The van der Waals surface area contributed by atoms with Crippen LogP contribution in [0.3, 0.4) is 0 Å². The van der Waals surface area contributed by atoms with Crippen molar-refractivity contribution in [3.05, 3.63) is 29.8 Å². The first-order valence-electron chi connectivity index (χ1n) is 7.94. The summed E-state index contributed by atoms with van der Waals surface area (Å²) in [5.41, 5.74) is 2.22. The van der Waals surface area contributed by atoms with E-state index in [1.807, 2.05) is 12.1 Å². The summed E-state index contributed by atoms with van der Waals surface area (Å²) in [6, 6.07) is 8.79. The molecule has 0 spiro atoms. The molecule has 1 fully saturated rings. The molecule has 0 aromatic heterocycles. The van der Waals surface area contributed by atoms with Gasteiger partial charge in [0.25, 0.3) is 0 Å². The highest BCUT2D eigenvalue weighted by Gasteiger charge is 2.26. The fourth-order valence-electron chi connectivity index (χ4n) is 3.05. The summed E-state index contributed by atoms with van der Waals surface area (Å²) in [4.78, 5) is 13.7. The number of carbonyl (C=O) groups is 1. The third-order valence-corrected chi connectivity index (χ3v) is 4.30. The first-order valence-corrected chi connectivity index (χ1v) is 7.94. The van der Waals surface area contributed by atoms with E-state index in [1.165, 1.54) is 18.9 Å². The van der Waals surface area contributed by atoms with Crippen molar-refractivity contribution in [2.45, 2.75) is 33.2 Å². The zero-order valence-electron chi connectivity index (χ0n) is 13.4. The second kappa shape index (κ2) is 7.57. The number of hydrogen-bond acceptors (Lipinski definition) is 3. The molecule has 1 unspecified atom stereocenters.